The van der Waals surface area contributed by atoms with Crippen LogP contribution in [-0.2, 0) is 0 Å². The SMILES string of the molecule is COc1cccc(C(=O)c2c(C)[nH]c(-c3nn[nH]n3)c2C)c1. The van der Waals surface area contributed by atoms with E-state index < -0.39 is 0 Å². The molecule has 2 aromatic heterocycles. The first-order valence-electron chi connectivity index (χ1n) is 6.73. The van der Waals surface area contributed by atoms with Crippen LogP contribution < -0.4 is 4.74 Å². The summed E-state index contributed by atoms with van der Waals surface area (Å²) >= 11 is 0. The number of methoxy groups -OCH3 is 1. The number of hydrogen-bond acceptors (Lipinski definition) is 5. The molecule has 0 atom stereocenters. The van der Waals surface area contributed by atoms with Crippen LogP contribution in [0.1, 0.15) is 27.2 Å². The van der Waals surface area contributed by atoms with Crippen LogP contribution in [0.2, 0.25) is 0 Å². The lowest BCUT2D eigenvalue weighted by Gasteiger charge is -2.05. The molecule has 0 spiro atoms. The summed E-state index contributed by atoms with van der Waals surface area (Å²) in [6.07, 6.45) is 0. The number of aromatic nitrogens is 5. The molecule has 0 saturated heterocycles. The van der Waals surface area contributed by atoms with Crippen molar-refractivity contribution in [1.82, 2.24) is 25.6 Å². The van der Waals surface area contributed by atoms with Gasteiger partial charge in [-0.3, -0.25) is 4.79 Å². The normalized spacial score (nSPS) is 10.7. The summed E-state index contributed by atoms with van der Waals surface area (Å²) in [6.45, 7) is 3.71. The number of ether oxygens (including phenoxy) is 1. The van der Waals surface area contributed by atoms with Gasteiger partial charge >= 0.3 is 0 Å². The van der Waals surface area contributed by atoms with Crippen LogP contribution in [0.5, 0.6) is 5.75 Å². The van der Waals surface area contributed by atoms with Gasteiger partial charge in [-0.2, -0.15) is 5.21 Å². The Morgan fingerprint density at radius 3 is 2.77 bits per heavy atom. The van der Waals surface area contributed by atoms with Crippen molar-refractivity contribution in [2.45, 2.75) is 13.8 Å². The number of ketones is 1. The molecule has 0 aliphatic carbocycles. The number of benzene rings is 1. The minimum atomic E-state index is -0.0695. The van der Waals surface area contributed by atoms with E-state index in [1.54, 1.807) is 31.4 Å². The van der Waals surface area contributed by atoms with Crippen molar-refractivity contribution < 1.29 is 9.53 Å². The average Bonchev–Trinajstić information content (AvgIpc) is 3.15. The molecule has 0 radical (unpaired) electrons. The zero-order chi connectivity index (χ0) is 15.7. The van der Waals surface area contributed by atoms with Gasteiger partial charge in [-0.25, -0.2) is 0 Å². The van der Waals surface area contributed by atoms with E-state index in [0.717, 1.165) is 11.3 Å². The van der Waals surface area contributed by atoms with Gasteiger partial charge in [0, 0.05) is 16.8 Å². The Balaban J connectivity index is 2.06. The Morgan fingerprint density at radius 2 is 2.09 bits per heavy atom. The Hall–Kier alpha value is -2.96. The third-order valence-electron chi connectivity index (χ3n) is 3.57. The van der Waals surface area contributed by atoms with E-state index >= 15 is 0 Å². The lowest BCUT2D eigenvalue weighted by molar-refractivity contribution is 0.103. The summed E-state index contributed by atoms with van der Waals surface area (Å²) in [7, 11) is 1.57. The zero-order valence-corrected chi connectivity index (χ0v) is 12.5. The Kier molecular flexibility index (Phi) is 3.46. The molecule has 2 heterocycles. The maximum atomic E-state index is 12.8. The van der Waals surface area contributed by atoms with Gasteiger partial charge in [0.25, 0.3) is 0 Å². The van der Waals surface area contributed by atoms with E-state index in [2.05, 4.69) is 25.6 Å². The van der Waals surface area contributed by atoms with Crippen molar-refractivity contribution in [3.8, 4) is 17.3 Å². The van der Waals surface area contributed by atoms with E-state index in [1.165, 1.54) is 0 Å². The van der Waals surface area contributed by atoms with E-state index in [1.807, 2.05) is 13.8 Å². The molecular formula is C15H15N5O2. The fraction of sp³-hybridized carbons (Fsp3) is 0.200. The quantitative estimate of drug-likeness (QED) is 0.718. The van der Waals surface area contributed by atoms with Gasteiger partial charge in [0.15, 0.2) is 5.78 Å². The topological polar surface area (TPSA) is 96.5 Å². The van der Waals surface area contributed by atoms with Crippen LogP contribution in [0.3, 0.4) is 0 Å². The predicted octanol–water partition coefficient (Wildman–Crippen LogP) is 2.05. The van der Waals surface area contributed by atoms with Crippen LogP contribution >= 0.6 is 0 Å². The van der Waals surface area contributed by atoms with Gasteiger partial charge in [0.1, 0.15) is 5.75 Å². The molecule has 0 saturated carbocycles. The lowest BCUT2D eigenvalue weighted by Crippen LogP contribution is -2.04. The molecule has 22 heavy (non-hydrogen) atoms. The minimum absolute atomic E-state index is 0.0695. The number of aromatic amines is 2. The standard InChI is InChI=1S/C15H15N5O2/c1-8-12(9(2)16-13(8)15-17-19-20-18-15)14(21)10-5-4-6-11(7-10)22-3/h4-7,16H,1-3H3,(H,17,18,19,20). The van der Waals surface area contributed by atoms with Crippen molar-refractivity contribution >= 4 is 5.78 Å². The largest absolute Gasteiger partial charge is 0.497 e. The molecule has 7 nitrogen and oxygen atoms in total. The highest BCUT2D eigenvalue weighted by Gasteiger charge is 2.22. The smallest absolute Gasteiger partial charge is 0.221 e. The fourth-order valence-electron chi connectivity index (χ4n) is 2.49. The number of hydrogen-bond donors (Lipinski definition) is 2. The van der Waals surface area contributed by atoms with Gasteiger partial charge in [-0.05, 0) is 36.8 Å². The van der Waals surface area contributed by atoms with Crippen molar-refractivity contribution in [2.75, 3.05) is 7.11 Å². The maximum absolute atomic E-state index is 12.8. The number of carbonyl (C=O) groups excluding carboxylic acids is 1. The molecule has 1 aromatic carbocycles. The van der Waals surface area contributed by atoms with Crippen LogP contribution in [0.25, 0.3) is 11.5 Å². The second-order valence-corrected chi connectivity index (χ2v) is 4.92. The van der Waals surface area contributed by atoms with Crippen molar-refractivity contribution in [3.05, 3.63) is 46.6 Å². The average molecular weight is 297 g/mol. The van der Waals surface area contributed by atoms with Crippen molar-refractivity contribution in [1.29, 1.82) is 0 Å². The van der Waals surface area contributed by atoms with Gasteiger partial charge < -0.3 is 9.72 Å². The first-order valence-corrected chi connectivity index (χ1v) is 6.73. The molecular weight excluding hydrogens is 282 g/mol. The molecule has 3 aromatic rings. The summed E-state index contributed by atoms with van der Waals surface area (Å²) in [4.78, 5) is 16.0. The lowest BCUT2D eigenvalue weighted by atomic mass is 9.99. The fourth-order valence-corrected chi connectivity index (χ4v) is 2.49. The predicted molar refractivity (Wildman–Crippen MR) is 79.9 cm³/mol. The van der Waals surface area contributed by atoms with Crippen LogP contribution in [0.15, 0.2) is 24.3 Å². The number of rotatable bonds is 4. The van der Waals surface area contributed by atoms with E-state index in [9.17, 15) is 4.79 Å². The maximum Gasteiger partial charge on any atom is 0.221 e. The van der Waals surface area contributed by atoms with E-state index in [-0.39, 0.29) is 5.78 Å². The summed E-state index contributed by atoms with van der Waals surface area (Å²) in [6, 6.07) is 7.09. The van der Waals surface area contributed by atoms with Crippen LogP contribution in [0, 0.1) is 13.8 Å². The molecule has 3 rings (SSSR count). The number of carbonyl (C=O) groups is 1. The molecule has 0 bridgehead atoms. The molecule has 0 unspecified atom stereocenters. The second-order valence-electron chi connectivity index (χ2n) is 4.92. The summed E-state index contributed by atoms with van der Waals surface area (Å²) in [5.41, 5.74) is 3.45. The summed E-state index contributed by atoms with van der Waals surface area (Å²) in [5, 5.41) is 13.9. The Labute approximate surface area is 126 Å². The highest BCUT2D eigenvalue weighted by Crippen LogP contribution is 2.27. The highest BCUT2D eigenvalue weighted by atomic mass is 16.5. The number of H-pyrrole nitrogens is 2. The Morgan fingerprint density at radius 1 is 1.27 bits per heavy atom. The third-order valence-corrected chi connectivity index (χ3v) is 3.57. The van der Waals surface area contributed by atoms with Crippen LogP contribution in [-0.4, -0.2) is 38.5 Å². The zero-order valence-electron chi connectivity index (χ0n) is 12.5. The molecule has 112 valence electrons. The molecule has 0 amide bonds. The second kappa shape index (κ2) is 5.44. The number of tetrazole rings is 1. The van der Waals surface area contributed by atoms with Crippen LogP contribution in [0.4, 0.5) is 0 Å². The van der Waals surface area contributed by atoms with Crippen molar-refractivity contribution in [3.63, 3.8) is 0 Å². The van der Waals surface area contributed by atoms with Gasteiger partial charge in [-0.1, -0.05) is 12.1 Å². The van der Waals surface area contributed by atoms with Gasteiger partial charge in [0.05, 0.1) is 12.8 Å². The Bertz CT molecular complexity index is 821. The van der Waals surface area contributed by atoms with Gasteiger partial charge in [-0.15, -0.1) is 10.2 Å². The number of nitrogens with one attached hydrogen (secondary N) is 2. The number of nitrogens with zero attached hydrogens (tertiary/aromatic N) is 3. The van der Waals surface area contributed by atoms with E-state index in [4.69, 9.17) is 4.74 Å². The summed E-state index contributed by atoms with van der Waals surface area (Å²) in [5.74, 6) is 1.01. The first kappa shape index (κ1) is 14.0. The molecule has 7 heteroatoms. The van der Waals surface area contributed by atoms with E-state index in [0.29, 0.717) is 28.4 Å². The van der Waals surface area contributed by atoms with Crippen molar-refractivity contribution in [2.24, 2.45) is 0 Å². The monoisotopic (exact) mass is 297 g/mol. The first-order chi connectivity index (χ1) is 10.6. The molecule has 0 aliphatic heterocycles. The third kappa shape index (κ3) is 2.26. The highest BCUT2D eigenvalue weighted by molar-refractivity contribution is 6.11. The molecule has 2 N–H and O–H groups in total. The summed E-state index contributed by atoms with van der Waals surface area (Å²) < 4.78 is 5.17. The molecule has 0 aliphatic rings. The number of aryl methyl sites for hydroxylation is 1. The molecule has 0 fully saturated rings. The van der Waals surface area contributed by atoms with Gasteiger partial charge in [0.2, 0.25) is 5.82 Å². The minimum Gasteiger partial charge on any atom is -0.497 e.